The van der Waals surface area contributed by atoms with Gasteiger partial charge in [-0.15, -0.1) is 0 Å². The molecule has 6 heteroatoms. The molecule has 0 spiro atoms. The van der Waals surface area contributed by atoms with Crippen molar-refractivity contribution in [3.63, 3.8) is 0 Å². The molecule has 0 atom stereocenters. The normalized spacial score (nSPS) is 15.0. The summed E-state index contributed by atoms with van der Waals surface area (Å²) < 4.78 is 0. The molecule has 25 heavy (non-hydrogen) atoms. The molecule has 0 aromatic heterocycles. The van der Waals surface area contributed by atoms with Crippen molar-refractivity contribution in [3.05, 3.63) is 33.8 Å². The first kappa shape index (κ1) is 20.1. The first-order chi connectivity index (χ1) is 12.1. The quantitative estimate of drug-likeness (QED) is 0.661. The van der Waals surface area contributed by atoms with Crippen molar-refractivity contribution < 1.29 is 9.59 Å². The van der Waals surface area contributed by atoms with Crippen LogP contribution in [0.4, 0.5) is 0 Å². The summed E-state index contributed by atoms with van der Waals surface area (Å²) >= 11 is 11.9. The van der Waals surface area contributed by atoms with E-state index in [4.69, 9.17) is 23.2 Å². The third-order valence-electron chi connectivity index (χ3n) is 4.58. The van der Waals surface area contributed by atoms with Gasteiger partial charge in [0.1, 0.15) is 0 Å². The second-order valence-electron chi connectivity index (χ2n) is 6.58. The van der Waals surface area contributed by atoms with Crippen LogP contribution in [-0.4, -0.2) is 24.9 Å². The highest BCUT2D eigenvalue weighted by Gasteiger charge is 2.20. The number of hydrogen-bond acceptors (Lipinski definition) is 2. The van der Waals surface area contributed by atoms with E-state index in [2.05, 4.69) is 10.6 Å². The monoisotopic (exact) mass is 384 g/mol. The molecule has 0 saturated heterocycles. The topological polar surface area (TPSA) is 58.2 Å². The zero-order chi connectivity index (χ0) is 18.1. The lowest BCUT2D eigenvalue weighted by Gasteiger charge is -2.20. The second-order valence-corrected chi connectivity index (χ2v) is 7.39. The van der Waals surface area contributed by atoms with Crippen LogP contribution in [0.5, 0.6) is 0 Å². The van der Waals surface area contributed by atoms with Crippen molar-refractivity contribution in [2.75, 3.05) is 13.1 Å². The molecule has 0 aliphatic heterocycles. The van der Waals surface area contributed by atoms with Gasteiger partial charge >= 0.3 is 0 Å². The number of carbonyl (C=O) groups excluding carboxylic acids is 2. The lowest BCUT2D eigenvalue weighted by atomic mass is 9.89. The summed E-state index contributed by atoms with van der Waals surface area (Å²) in [5, 5.41) is 6.85. The Bertz CT molecular complexity index is 587. The summed E-state index contributed by atoms with van der Waals surface area (Å²) in [6.45, 7) is 0.970. The van der Waals surface area contributed by atoms with Crippen molar-refractivity contribution in [3.8, 4) is 0 Å². The zero-order valence-electron chi connectivity index (χ0n) is 14.5. The van der Waals surface area contributed by atoms with E-state index in [1.807, 2.05) is 12.1 Å². The summed E-state index contributed by atoms with van der Waals surface area (Å²) in [5.74, 6) is 0.302. The van der Waals surface area contributed by atoms with Gasteiger partial charge in [-0.25, -0.2) is 0 Å². The van der Waals surface area contributed by atoms with Crippen LogP contribution in [0.15, 0.2) is 18.2 Å². The van der Waals surface area contributed by atoms with Gasteiger partial charge in [0.25, 0.3) is 0 Å². The summed E-state index contributed by atoms with van der Waals surface area (Å²) in [6.07, 6.45) is 7.50. The Balaban J connectivity index is 1.54. The van der Waals surface area contributed by atoms with Crippen molar-refractivity contribution in [2.24, 2.45) is 5.92 Å². The first-order valence-corrected chi connectivity index (χ1v) is 9.80. The van der Waals surface area contributed by atoms with Crippen molar-refractivity contribution in [1.29, 1.82) is 0 Å². The van der Waals surface area contributed by atoms with Crippen LogP contribution in [0.25, 0.3) is 0 Å². The number of amides is 2. The maximum atomic E-state index is 12.0. The molecule has 4 nitrogen and oxygen atoms in total. The number of aryl methyl sites for hydroxylation is 1. The number of benzene rings is 1. The minimum atomic E-state index is 0.00646. The van der Waals surface area contributed by atoms with Crippen LogP contribution in [0.3, 0.4) is 0 Å². The fourth-order valence-electron chi connectivity index (χ4n) is 3.13. The van der Waals surface area contributed by atoms with Gasteiger partial charge in [-0.05, 0) is 43.4 Å². The average molecular weight is 385 g/mol. The van der Waals surface area contributed by atoms with Crippen LogP contribution >= 0.6 is 23.2 Å². The van der Waals surface area contributed by atoms with Crippen LogP contribution in [-0.2, 0) is 16.0 Å². The highest BCUT2D eigenvalue weighted by Crippen LogP contribution is 2.24. The van der Waals surface area contributed by atoms with Crippen LogP contribution < -0.4 is 10.6 Å². The minimum Gasteiger partial charge on any atom is -0.354 e. The van der Waals surface area contributed by atoms with E-state index in [1.165, 1.54) is 6.42 Å². The smallest absolute Gasteiger partial charge is 0.223 e. The van der Waals surface area contributed by atoms with Gasteiger partial charge in [-0.2, -0.15) is 0 Å². The van der Waals surface area contributed by atoms with Gasteiger partial charge in [-0.3, -0.25) is 9.59 Å². The van der Waals surface area contributed by atoms with Gasteiger partial charge in [0.2, 0.25) is 11.8 Å². The Hall–Kier alpha value is -1.26. The fraction of sp³-hybridized carbons (Fsp3) is 0.579. The third kappa shape index (κ3) is 7.25. The first-order valence-electron chi connectivity index (χ1n) is 9.04. The largest absolute Gasteiger partial charge is 0.354 e. The molecular weight excluding hydrogens is 359 g/mol. The molecule has 0 unspecified atom stereocenters. The Morgan fingerprint density at radius 3 is 2.44 bits per heavy atom. The number of halogens is 2. The zero-order valence-corrected chi connectivity index (χ0v) is 16.0. The van der Waals surface area contributed by atoms with Crippen molar-refractivity contribution >= 4 is 35.0 Å². The summed E-state index contributed by atoms with van der Waals surface area (Å²) in [4.78, 5) is 23.8. The molecule has 1 saturated carbocycles. The van der Waals surface area contributed by atoms with Crippen LogP contribution in [0.2, 0.25) is 10.0 Å². The van der Waals surface area contributed by atoms with E-state index >= 15 is 0 Å². The van der Waals surface area contributed by atoms with Crippen LogP contribution in [0, 0.1) is 5.92 Å². The Kier molecular flexibility index (Phi) is 8.56. The van der Waals surface area contributed by atoms with E-state index in [0.29, 0.717) is 29.6 Å². The number of carbonyl (C=O) groups is 2. The third-order valence-corrected chi connectivity index (χ3v) is 5.31. The lowest BCUT2D eigenvalue weighted by molar-refractivity contribution is -0.126. The van der Waals surface area contributed by atoms with Crippen LogP contribution in [0.1, 0.15) is 50.5 Å². The molecule has 0 bridgehead atoms. The highest BCUT2D eigenvalue weighted by atomic mass is 35.5. The summed E-state index contributed by atoms with van der Waals surface area (Å²) in [7, 11) is 0. The molecule has 1 aromatic carbocycles. The van der Waals surface area contributed by atoms with Gasteiger partial charge < -0.3 is 10.6 Å². The fourth-order valence-corrected chi connectivity index (χ4v) is 3.45. The Morgan fingerprint density at radius 2 is 1.72 bits per heavy atom. The molecule has 2 rings (SSSR count). The molecule has 0 heterocycles. The SMILES string of the molecule is O=C(CCCc1ccc(Cl)c(Cl)c1)NCCNC(=O)C1CCCCC1. The molecule has 1 aliphatic carbocycles. The van der Waals surface area contributed by atoms with Gasteiger partial charge in [0.15, 0.2) is 0 Å². The molecule has 0 radical (unpaired) electrons. The number of rotatable bonds is 8. The number of hydrogen-bond donors (Lipinski definition) is 2. The summed E-state index contributed by atoms with van der Waals surface area (Å²) in [6, 6.07) is 5.53. The van der Waals surface area contributed by atoms with Gasteiger partial charge in [0.05, 0.1) is 10.0 Å². The van der Waals surface area contributed by atoms with Crippen molar-refractivity contribution in [1.82, 2.24) is 10.6 Å². The molecule has 1 aliphatic rings. The highest BCUT2D eigenvalue weighted by molar-refractivity contribution is 6.42. The molecule has 2 amide bonds. The predicted octanol–water partition coefficient (Wildman–Crippen LogP) is 4.13. The maximum absolute atomic E-state index is 12.0. The molecular formula is C19H26Cl2N2O2. The Morgan fingerprint density at radius 1 is 1.00 bits per heavy atom. The van der Waals surface area contributed by atoms with Crippen molar-refractivity contribution in [2.45, 2.75) is 51.4 Å². The van der Waals surface area contributed by atoms with Gasteiger partial charge in [-0.1, -0.05) is 48.5 Å². The van der Waals surface area contributed by atoms with E-state index in [-0.39, 0.29) is 17.7 Å². The Labute approximate surface area is 159 Å². The van der Waals surface area contributed by atoms with Gasteiger partial charge in [0, 0.05) is 25.4 Å². The van der Waals surface area contributed by atoms with E-state index in [1.54, 1.807) is 6.07 Å². The lowest BCUT2D eigenvalue weighted by Crippen LogP contribution is -2.38. The molecule has 1 aromatic rings. The average Bonchev–Trinajstić information content (AvgIpc) is 2.62. The number of nitrogens with one attached hydrogen (secondary N) is 2. The van der Waals surface area contributed by atoms with E-state index in [9.17, 15) is 9.59 Å². The predicted molar refractivity (Wildman–Crippen MR) is 102 cm³/mol. The second kappa shape index (κ2) is 10.7. The standard InChI is InChI=1S/C19H26Cl2N2O2/c20-16-10-9-14(13-17(16)21)5-4-8-18(24)22-11-12-23-19(25)15-6-2-1-3-7-15/h9-10,13,15H,1-8,11-12H2,(H,22,24)(H,23,25). The van der Waals surface area contributed by atoms with E-state index in [0.717, 1.165) is 44.1 Å². The molecule has 138 valence electrons. The van der Waals surface area contributed by atoms with E-state index < -0.39 is 0 Å². The maximum Gasteiger partial charge on any atom is 0.223 e. The molecule has 1 fully saturated rings. The molecule has 2 N–H and O–H groups in total. The minimum absolute atomic E-state index is 0.00646. The summed E-state index contributed by atoms with van der Waals surface area (Å²) in [5.41, 5.74) is 1.07.